The highest BCUT2D eigenvalue weighted by Crippen LogP contribution is 2.22. The zero-order chi connectivity index (χ0) is 12.3. The van der Waals surface area contributed by atoms with Gasteiger partial charge in [0.1, 0.15) is 0 Å². The van der Waals surface area contributed by atoms with Crippen LogP contribution in [0.3, 0.4) is 0 Å². The summed E-state index contributed by atoms with van der Waals surface area (Å²) in [5.41, 5.74) is 0.676. The van der Waals surface area contributed by atoms with Crippen LogP contribution < -0.4 is 0 Å². The van der Waals surface area contributed by atoms with Crippen molar-refractivity contribution in [2.75, 3.05) is 32.7 Å². The van der Waals surface area contributed by atoms with Crippen LogP contribution in [0.2, 0.25) is 0 Å². The Hall–Kier alpha value is -1.13. The van der Waals surface area contributed by atoms with Crippen molar-refractivity contribution in [1.29, 1.82) is 0 Å². The predicted molar refractivity (Wildman–Crippen MR) is 65.5 cm³/mol. The Kier molecular flexibility index (Phi) is 3.97. The van der Waals surface area contributed by atoms with Crippen molar-refractivity contribution in [2.24, 2.45) is 0 Å². The summed E-state index contributed by atoms with van der Waals surface area (Å²) < 4.78 is 13.2. The van der Waals surface area contributed by atoms with Gasteiger partial charge in [-0.15, -0.1) is 0 Å². The molecule has 1 heterocycles. The van der Waals surface area contributed by atoms with Gasteiger partial charge in [0.2, 0.25) is 0 Å². The molecule has 4 heteroatoms. The Balaban J connectivity index is 1.95. The molecule has 0 aliphatic carbocycles. The van der Waals surface area contributed by atoms with Gasteiger partial charge in [-0.1, -0.05) is 19.1 Å². The van der Waals surface area contributed by atoms with Crippen molar-refractivity contribution in [3.63, 3.8) is 0 Å². The fraction of sp³-hybridized carbons (Fsp3) is 0.538. The molecule has 1 N–H and O–H groups in total. The molecule has 1 aromatic rings. The maximum Gasteiger partial charge on any atom is 0.165 e. The molecule has 0 aromatic heterocycles. The van der Waals surface area contributed by atoms with Crippen LogP contribution in [0.5, 0.6) is 5.75 Å². The van der Waals surface area contributed by atoms with Crippen molar-refractivity contribution >= 4 is 0 Å². The molecule has 1 saturated heterocycles. The largest absolute Gasteiger partial charge is 0.505 e. The first-order valence-electron chi connectivity index (χ1n) is 6.11. The van der Waals surface area contributed by atoms with E-state index in [0.717, 1.165) is 32.7 Å². The first-order chi connectivity index (χ1) is 8.20. The summed E-state index contributed by atoms with van der Waals surface area (Å²) in [5, 5.41) is 9.61. The summed E-state index contributed by atoms with van der Waals surface area (Å²) in [7, 11) is 0. The Labute approximate surface area is 101 Å². The van der Waals surface area contributed by atoms with Gasteiger partial charge < -0.3 is 10.0 Å². The number of nitrogens with zero attached hydrogens (tertiary/aromatic N) is 2. The summed E-state index contributed by atoms with van der Waals surface area (Å²) >= 11 is 0. The minimum Gasteiger partial charge on any atom is -0.505 e. The lowest BCUT2D eigenvalue weighted by molar-refractivity contribution is 0.131. The molecule has 0 unspecified atom stereocenters. The highest BCUT2D eigenvalue weighted by atomic mass is 19.1. The maximum atomic E-state index is 13.2. The molecule has 0 bridgehead atoms. The van der Waals surface area contributed by atoms with E-state index in [1.807, 2.05) is 0 Å². The molecule has 17 heavy (non-hydrogen) atoms. The second-order valence-corrected chi connectivity index (χ2v) is 4.46. The maximum absolute atomic E-state index is 13.2. The molecule has 0 atom stereocenters. The number of hydrogen-bond donors (Lipinski definition) is 1. The molecule has 2 rings (SSSR count). The van der Waals surface area contributed by atoms with Gasteiger partial charge in [0.05, 0.1) is 0 Å². The number of phenols is 1. The number of likely N-dealkylation sites (N-methyl/N-ethyl adjacent to an activating group) is 1. The molecule has 0 saturated carbocycles. The molecule has 0 amide bonds. The lowest BCUT2D eigenvalue weighted by atomic mass is 10.1. The number of aromatic hydroxyl groups is 1. The topological polar surface area (TPSA) is 26.7 Å². The van der Waals surface area contributed by atoms with E-state index in [2.05, 4.69) is 16.7 Å². The monoisotopic (exact) mass is 238 g/mol. The average Bonchev–Trinajstić information content (AvgIpc) is 2.36. The van der Waals surface area contributed by atoms with Crippen molar-refractivity contribution < 1.29 is 9.50 Å². The number of rotatable bonds is 3. The van der Waals surface area contributed by atoms with Crippen LogP contribution in [-0.4, -0.2) is 47.6 Å². The third-order valence-corrected chi connectivity index (χ3v) is 3.38. The van der Waals surface area contributed by atoms with Gasteiger partial charge in [-0.3, -0.25) is 4.90 Å². The van der Waals surface area contributed by atoms with Crippen molar-refractivity contribution in [1.82, 2.24) is 9.80 Å². The molecule has 0 radical (unpaired) electrons. The molecule has 1 aliphatic heterocycles. The predicted octanol–water partition coefficient (Wildman–Crippen LogP) is 1.67. The van der Waals surface area contributed by atoms with Crippen LogP contribution in [0, 0.1) is 5.82 Å². The smallest absolute Gasteiger partial charge is 0.165 e. The normalized spacial score (nSPS) is 18.5. The van der Waals surface area contributed by atoms with Crippen LogP contribution in [0.15, 0.2) is 18.2 Å². The summed E-state index contributed by atoms with van der Waals surface area (Å²) in [6, 6.07) is 4.71. The fourth-order valence-electron chi connectivity index (χ4n) is 2.19. The quantitative estimate of drug-likeness (QED) is 0.867. The number of halogens is 1. The first kappa shape index (κ1) is 12.3. The van der Waals surface area contributed by atoms with E-state index in [4.69, 9.17) is 0 Å². The minimum absolute atomic E-state index is 0.203. The van der Waals surface area contributed by atoms with Crippen LogP contribution in [-0.2, 0) is 6.54 Å². The van der Waals surface area contributed by atoms with E-state index in [1.54, 1.807) is 12.1 Å². The van der Waals surface area contributed by atoms with Crippen molar-refractivity contribution in [2.45, 2.75) is 13.5 Å². The standard InChI is InChI=1S/C13H19FN2O/c1-2-15-6-8-16(9-7-15)10-11-4-3-5-12(14)13(11)17/h3-5,17H,2,6-10H2,1H3. The molecular formula is C13H19FN2O. The van der Waals surface area contributed by atoms with E-state index in [-0.39, 0.29) is 5.75 Å². The van der Waals surface area contributed by atoms with Crippen LogP contribution >= 0.6 is 0 Å². The van der Waals surface area contributed by atoms with Crippen LogP contribution in [0.4, 0.5) is 4.39 Å². The van der Waals surface area contributed by atoms with Crippen LogP contribution in [0.25, 0.3) is 0 Å². The highest BCUT2D eigenvalue weighted by Gasteiger charge is 2.17. The van der Waals surface area contributed by atoms with E-state index in [0.29, 0.717) is 12.1 Å². The number of hydrogen-bond acceptors (Lipinski definition) is 3. The number of benzene rings is 1. The molecule has 0 spiro atoms. The van der Waals surface area contributed by atoms with E-state index >= 15 is 0 Å². The summed E-state index contributed by atoms with van der Waals surface area (Å²) in [4.78, 5) is 4.64. The van der Waals surface area contributed by atoms with Crippen LogP contribution in [0.1, 0.15) is 12.5 Å². The van der Waals surface area contributed by atoms with Gasteiger partial charge in [0.25, 0.3) is 0 Å². The summed E-state index contributed by atoms with van der Waals surface area (Å²) in [5.74, 6) is -0.736. The molecule has 1 aliphatic rings. The molecule has 1 fully saturated rings. The van der Waals surface area contributed by atoms with E-state index in [1.165, 1.54) is 6.07 Å². The lowest BCUT2D eigenvalue weighted by Crippen LogP contribution is -2.45. The van der Waals surface area contributed by atoms with Gasteiger partial charge in [-0.25, -0.2) is 4.39 Å². The molecule has 1 aromatic carbocycles. The van der Waals surface area contributed by atoms with Gasteiger partial charge >= 0.3 is 0 Å². The molecular weight excluding hydrogens is 219 g/mol. The number of para-hydroxylation sites is 1. The minimum atomic E-state index is -0.533. The van der Waals surface area contributed by atoms with Gasteiger partial charge in [0.15, 0.2) is 11.6 Å². The number of phenolic OH excluding ortho intramolecular Hbond substituents is 1. The second-order valence-electron chi connectivity index (χ2n) is 4.46. The van der Waals surface area contributed by atoms with Crippen molar-refractivity contribution in [3.05, 3.63) is 29.6 Å². The van der Waals surface area contributed by atoms with E-state index < -0.39 is 5.82 Å². The fourth-order valence-corrected chi connectivity index (χ4v) is 2.19. The zero-order valence-corrected chi connectivity index (χ0v) is 10.2. The average molecular weight is 238 g/mol. The van der Waals surface area contributed by atoms with Gasteiger partial charge in [-0.05, 0) is 12.6 Å². The Morgan fingerprint density at radius 3 is 2.47 bits per heavy atom. The molecule has 94 valence electrons. The third-order valence-electron chi connectivity index (χ3n) is 3.38. The third kappa shape index (κ3) is 2.96. The first-order valence-corrected chi connectivity index (χ1v) is 6.11. The summed E-state index contributed by atoms with van der Waals surface area (Å²) in [6.45, 7) is 7.92. The molecule has 3 nitrogen and oxygen atoms in total. The zero-order valence-electron chi connectivity index (χ0n) is 10.2. The second kappa shape index (κ2) is 5.47. The van der Waals surface area contributed by atoms with Gasteiger partial charge in [-0.2, -0.15) is 0 Å². The Bertz CT molecular complexity index is 376. The SMILES string of the molecule is CCN1CCN(Cc2cccc(F)c2O)CC1. The Morgan fingerprint density at radius 2 is 1.82 bits per heavy atom. The summed E-state index contributed by atoms with van der Waals surface area (Å²) in [6.07, 6.45) is 0. The van der Waals surface area contributed by atoms with E-state index in [9.17, 15) is 9.50 Å². The van der Waals surface area contributed by atoms with Gasteiger partial charge in [0, 0.05) is 38.3 Å². The number of piperazine rings is 1. The van der Waals surface area contributed by atoms with Crippen molar-refractivity contribution in [3.8, 4) is 5.75 Å². The lowest BCUT2D eigenvalue weighted by Gasteiger charge is -2.34. The highest BCUT2D eigenvalue weighted by molar-refractivity contribution is 5.33. The Morgan fingerprint density at radius 1 is 1.18 bits per heavy atom.